The highest BCUT2D eigenvalue weighted by Crippen LogP contribution is 2.51. The average Bonchev–Trinajstić information content (AvgIpc) is 2.31. The van der Waals surface area contributed by atoms with E-state index in [0.717, 1.165) is 48.5 Å². The van der Waals surface area contributed by atoms with Gasteiger partial charge in [-0.3, -0.25) is 0 Å². The topological polar surface area (TPSA) is 9.86 Å². The molecule has 10 rings (SSSR count). The molecule has 27 heteroatoms. The third kappa shape index (κ3) is 9.95. The van der Waals surface area contributed by atoms with Crippen LogP contribution in [0.1, 0.15) is 44.5 Å². The molecule has 0 saturated carbocycles. The van der Waals surface area contributed by atoms with Crippen molar-refractivity contribution in [2.45, 2.75) is 49.4 Å². The first kappa shape index (κ1) is 58.1. The standard InChI is InChI=1S/C56H26F24N2Si/c57-49(58,59)27-19-37-38-20-28(50(60,61)62)24-42(54(72,73)74)46(38)81(45(37)41(23-27)53(69,70)71)31-11-15-35(16-12-31)83(33-7-3-1-4-8-33,34-9-5-2-6-10-34)36-17-13-32(14-18-36)82-47-39(21-29(51(63,64)65)25-43(47)55(75,76)77)40-22-30(52(66,67)68)26-44(48(40)82)56(78,79)80/h1-26H. The van der Waals surface area contributed by atoms with Gasteiger partial charge in [-0.25, -0.2) is 0 Å². The van der Waals surface area contributed by atoms with Crippen molar-refractivity contribution in [3.63, 3.8) is 0 Å². The van der Waals surface area contributed by atoms with Gasteiger partial charge in [0.2, 0.25) is 0 Å². The molecule has 8 aromatic carbocycles. The van der Waals surface area contributed by atoms with Gasteiger partial charge in [-0.2, -0.15) is 105 Å². The quantitative estimate of drug-likeness (QED) is 0.0892. The van der Waals surface area contributed by atoms with Gasteiger partial charge in [0.15, 0.2) is 8.07 Å². The van der Waals surface area contributed by atoms with Crippen LogP contribution in [0.3, 0.4) is 0 Å². The molecular weight excluding hydrogens is 1180 g/mol. The number of benzene rings is 8. The molecule has 0 fully saturated rings. The smallest absolute Gasteiger partial charge is 0.308 e. The minimum atomic E-state index is -5.83. The van der Waals surface area contributed by atoms with Crippen molar-refractivity contribution in [2.75, 3.05) is 0 Å². The van der Waals surface area contributed by atoms with E-state index < -0.39 is 181 Å². The summed E-state index contributed by atoms with van der Waals surface area (Å²) in [5.41, 5.74) is -24.3. The zero-order valence-electron chi connectivity index (χ0n) is 40.5. The van der Waals surface area contributed by atoms with Gasteiger partial charge in [0.25, 0.3) is 0 Å². The van der Waals surface area contributed by atoms with Crippen molar-refractivity contribution in [2.24, 2.45) is 0 Å². The van der Waals surface area contributed by atoms with Crippen LogP contribution in [-0.4, -0.2) is 17.2 Å². The lowest BCUT2D eigenvalue weighted by molar-refractivity contribution is -0.144. The van der Waals surface area contributed by atoms with Gasteiger partial charge in [-0.15, -0.1) is 0 Å². The van der Waals surface area contributed by atoms with E-state index in [1.165, 1.54) is 60.7 Å². The fourth-order valence-electron chi connectivity index (χ4n) is 10.7. The highest BCUT2D eigenvalue weighted by Gasteiger charge is 2.48. The summed E-state index contributed by atoms with van der Waals surface area (Å²) < 4.78 is 353. The summed E-state index contributed by atoms with van der Waals surface area (Å²) in [7, 11) is -4.25. The summed E-state index contributed by atoms with van der Waals surface area (Å²) >= 11 is 0. The van der Waals surface area contributed by atoms with Gasteiger partial charge in [-0.05, 0) is 93.5 Å². The average molecular weight is 1210 g/mol. The van der Waals surface area contributed by atoms with Crippen molar-refractivity contribution < 1.29 is 105 Å². The summed E-state index contributed by atoms with van der Waals surface area (Å²) in [4.78, 5) is 0. The van der Waals surface area contributed by atoms with Crippen molar-refractivity contribution in [3.8, 4) is 11.4 Å². The second-order valence-corrected chi connectivity index (χ2v) is 22.7. The molecule has 2 nitrogen and oxygen atoms in total. The molecule has 0 radical (unpaired) electrons. The van der Waals surface area contributed by atoms with Crippen molar-refractivity contribution in [3.05, 3.63) is 202 Å². The summed E-state index contributed by atoms with van der Waals surface area (Å²) in [5.74, 6) is 0. The fourth-order valence-corrected chi connectivity index (χ4v) is 15.4. The van der Waals surface area contributed by atoms with E-state index in [-0.39, 0.29) is 43.8 Å². The number of nitrogens with zero attached hydrogens (tertiary/aromatic N) is 2. The molecule has 432 valence electrons. The van der Waals surface area contributed by atoms with E-state index in [1.807, 2.05) is 0 Å². The molecule has 0 atom stereocenters. The zero-order valence-corrected chi connectivity index (χ0v) is 41.5. The highest BCUT2D eigenvalue weighted by atomic mass is 28.3. The van der Waals surface area contributed by atoms with Gasteiger partial charge in [0, 0.05) is 32.9 Å². The van der Waals surface area contributed by atoms with Crippen molar-refractivity contribution >= 4 is 72.4 Å². The van der Waals surface area contributed by atoms with E-state index in [9.17, 15) is 52.7 Å². The Morgan fingerprint density at radius 3 is 0.627 bits per heavy atom. The first-order valence-electron chi connectivity index (χ1n) is 23.5. The minimum Gasteiger partial charge on any atom is -0.308 e. The summed E-state index contributed by atoms with van der Waals surface area (Å²) in [6.07, 6.45) is -45.9. The lowest BCUT2D eigenvalue weighted by Crippen LogP contribution is -2.74. The maximum Gasteiger partial charge on any atom is 0.418 e. The highest BCUT2D eigenvalue weighted by molar-refractivity contribution is 7.19. The Bertz CT molecular complexity index is 3700. The van der Waals surface area contributed by atoms with Gasteiger partial charge in [-0.1, -0.05) is 84.9 Å². The van der Waals surface area contributed by atoms with Gasteiger partial charge >= 0.3 is 49.4 Å². The van der Waals surface area contributed by atoms with Crippen LogP contribution in [0.25, 0.3) is 55.0 Å². The Hall–Kier alpha value is -8.10. The molecule has 0 unspecified atom stereocenters. The molecule has 83 heavy (non-hydrogen) atoms. The van der Waals surface area contributed by atoms with Crippen LogP contribution in [0.5, 0.6) is 0 Å². The molecule has 2 aromatic heterocycles. The van der Waals surface area contributed by atoms with E-state index in [0.29, 0.717) is 10.4 Å². The fraction of sp³-hybridized carbons (Fsp3) is 0.143. The third-order valence-corrected chi connectivity index (χ3v) is 18.8. The SMILES string of the molecule is FC(F)(F)c1cc(C(F)(F)F)c2c(c1)c1cc(C(F)(F)F)cc(C(F)(F)F)c1n2-c1ccc([Si](c2ccccc2)(c2ccccc2)c2ccc(-n3c4c(C(F)(F)F)cc(C(F)(F)F)cc4c4cc(C(F)(F)F)cc(C(F)(F)F)c43)cc2)cc1. The van der Waals surface area contributed by atoms with Crippen LogP contribution >= 0.6 is 0 Å². The molecule has 2 heterocycles. The molecule has 0 aliphatic rings. The number of rotatable bonds is 6. The number of aromatic nitrogens is 2. The van der Waals surface area contributed by atoms with Crippen LogP contribution in [0.15, 0.2) is 158 Å². The summed E-state index contributed by atoms with van der Waals surface area (Å²) in [6, 6.07) is 21.6. The lowest BCUT2D eigenvalue weighted by Gasteiger charge is -2.34. The predicted molar refractivity (Wildman–Crippen MR) is 259 cm³/mol. The van der Waals surface area contributed by atoms with Crippen LogP contribution in [-0.2, 0) is 49.4 Å². The Morgan fingerprint density at radius 2 is 0.434 bits per heavy atom. The summed E-state index contributed by atoms with van der Waals surface area (Å²) in [6.45, 7) is 0. The zero-order chi connectivity index (χ0) is 60.7. The van der Waals surface area contributed by atoms with Gasteiger partial charge < -0.3 is 9.13 Å². The second-order valence-electron chi connectivity index (χ2n) is 18.9. The molecule has 0 aliphatic heterocycles. The van der Waals surface area contributed by atoms with E-state index >= 15 is 52.7 Å². The van der Waals surface area contributed by atoms with Gasteiger partial charge in [0.1, 0.15) is 0 Å². The molecule has 0 aliphatic carbocycles. The van der Waals surface area contributed by atoms with E-state index in [2.05, 4.69) is 0 Å². The number of fused-ring (bicyclic) bond motifs is 6. The van der Waals surface area contributed by atoms with E-state index in [1.54, 1.807) is 0 Å². The third-order valence-electron chi connectivity index (χ3n) is 14.0. The number of alkyl halides is 24. The van der Waals surface area contributed by atoms with Crippen LogP contribution in [0.2, 0.25) is 0 Å². The Kier molecular flexibility index (Phi) is 13.3. The molecular formula is C56H26F24N2Si. The number of hydrogen-bond acceptors (Lipinski definition) is 0. The summed E-state index contributed by atoms with van der Waals surface area (Å²) in [5, 5.41) is -4.40. The maximum atomic E-state index is 15.1. The molecule has 0 spiro atoms. The first-order chi connectivity index (χ1) is 38.2. The molecule has 0 bridgehead atoms. The minimum absolute atomic E-state index is 0.0305. The maximum absolute atomic E-state index is 15.1. The van der Waals surface area contributed by atoms with Crippen molar-refractivity contribution in [1.29, 1.82) is 0 Å². The largest absolute Gasteiger partial charge is 0.418 e. The lowest BCUT2D eigenvalue weighted by atomic mass is 10.0. The van der Waals surface area contributed by atoms with E-state index in [4.69, 9.17) is 0 Å². The molecule has 0 amide bonds. The van der Waals surface area contributed by atoms with Crippen LogP contribution in [0.4, 0.5) is 105 Å². The molecule has 0 saturated heterocycles. The Morgan fingerprint density at radius 1 is 0.229 bits per heavy atom. The van der Waals surface area contributed by atoms with Crippen LogP contribution in [0, 0.1) is 0 Å². The Labute approximate surface area is 449 Å². The monoisotopic (exact) mass is 1210 g/mol. The molecule has 10 aromatic rings. The van der Waals surface area contributed by atoms with Gasteiger partial charge in [0.05, 0.1) is 66.6 Å². The second kappa shape index (κ2) is 19.0. The van der Waals surface area contributed by atoms with Crippen LogP contribution < -0.4 is 20.7 Å². The van der Waals surface area contributed by atoms with Crippen molar-refractivity contribution in [1.82, 2.24) is 9.13 Å². The number of hydrogen-bond donors (Lipinski definition) is 0. The molecule has 0 N–H and O–H groups in total. The predicted octanol–water partition coefficient (Wildman–Crippen LogP) is 17.4. The first-order valence-corrected chi connectivity index (χ1v) is 25.5. The normalized spacial score (nSPS) is 13.8. The number of halogens is 24. The Balaban J connectivity index is 1.29.